The number of rotatable bonds is 5. The van der Waals surface area contributed by atoms with Crippen LogP contribution in [-0.2, 0) is 6.54 Å². The zero-order valence-electron chi connectivity index (χ0n) is 12.2. The predicted molar refractivity (Wildman–Crippen MR) is 75.3 cm³/mol. The van der Waals surface area contributed by atoms with E-state index < -0.39 is 11.6 Å². The van der Waals surface area contributed by atoms with E-state index in [-0.39, 0.29) is 11.7 Å². The van der Waals surface area contributed by atoms with Crippen LogP contribution in [0.2, 0.25) is 0 Å². The minimum atomic E-state index is -0.765. The largest absolute Gasteiger partial charge is 0.451 e. The summed E-state index contributed by atoms with van der Waals surface area (Å²) in [5.74, 6) is -0.265. The highest BCUT2D eigenvalue weighted by Gasteiger charge is 2.13. The molecule has 0 saturated carbocycles. The number of halogens is 2. The van der Waals surface area contributed by atoms with Gasteiger partial charge in [-0.15, -0.1) is 0 Å². The number of hydrogen-bond acceptors (Lipinski definition) is 4. The van der Waals surface area contributed by atoms with E-state index in [1.54, 1.807) is 7.05 Å². The van der Waals surface area contributed by atoms with Gasteiger partial charge < -0.3 is 10.1 Å². The lowest BCUT2D eigenvalue weighted by molar-refractivity contribution is 0.426. The molecule has 0 saturated heterocycles. The molecule has 1 N–H and O–H groups in total. The molecule has 1 heterocycles. The number of nitrogens with one attached hydrogen (secondary N) is 1. The molecule has 21 heavy (non-hydrogen) atoms. The molecule has 0 radical (unpaired) electrons. The Kier molecular flexibility index (Phi) is 4.80. The Bertz CT molecular complexity index is 632. The van der Waals surface area contributed by atoms with E-state index in [0.29, 0.717) is 23.8 Å². The normalized spacial score (nSPS) is 11.0. The van der Waals surface area contributed by atoms with Gasteiger partial charge in [-0.25, -0.2) is 18.7 Å². The zero-order chi connectivity index (χ0) is 15.4. The molecule has 2 aromatic rings. The van der Waals surface area contributed by atoms with Gasteiger partial charge in [-0.3, -0.25) is 0 Å². The number of benzene rings is 1. The summed E-state index contributed by atoms with van der Waals surface area (Å²) in [6.07, 6.45) is 1.51. The number of ether oxygens (including phenoxy) is 1. The van der Waals surface area contributed by atoms with Crippen molar-refractivity contribution >= 4 is 0 Å². The maximum Gasteiger partial charge on any atom is 0.168 e. The molecule has 1 aromatic carbocycles. The van der Waals surface area contributed by atoms with Crippen LogP contribution in [0.3, 0.4) is 0 Å². The van der Waals surface area contributed by atoms with Gasteiger partial charge in [0, 0.05) is 18.5 Å². The van der Waals surface area contributed by atoms with Gasteiger partial charge in [-0.1, -0.05) is 13.8 Å². The van der Waals surface area contributed by atoms with Crippen LogP contribution in [0.25, 0.3) is 0 Å². The van der Waals surface area contributed by atoms with Crippen molar-refractivity contribution in [2.75, 3.05) is 7.05 Å². The van der Waals surface area contributed by atoms with Gasteiger partial charge in [0.15, 0.2) is 17.3 Å². The number of aromatic nitrogens is 2. The van der Waals surface area contributed by atoms with E-state index in [4.69, 9.17) is 4.74 Å². The molecule has 1 aromatic heterocycles. The van der Waals surface area contributed by atoms with Crippen LogP contribution in [-0.4, -0.2) is 17.0 Å². The van der Waals surface area contributed by atoms with Gasteiger partial charge in [0.25, 0.3) is 0 Å². The second-order valence-corrected chi connectivity index (χ2v) is 4.90. The van der Waals surface area contributed by atoms with Gasteiger partial charge in [-0.05, 0) is 19.2 Å². The van der Waals surface area contributed by atoms with Crippen molar-refractivity contribution in [2.24, 2.45) is 0 Å². The lowest BCUT2D eigenvalue weighted by atomic mass is 10.2. The minimum Gasteiger partial charge on any atom is -0.451 e. The highest BCUT2D eigenvalue weighted by Crippen LogP contribution is 2.27. The van der Waals surface area contributed by atoms with Crippen LogP contribution >= 0.6 is 0 Å². The van der Waals surface area contributed by atoms with Gasteiger partial charge in [0.1, 0.15) is 17.3 Å². The third-order valence-electron chi connectivity index (χ3n) is 2.82. The second-order valence-electron chi connectivity index (χ2n) is 4.90. The molecule has 0 spiro atoms. The first kappa shape index (κ1) is 15.3. The van der Waals surface area contributed by atoms with E-state index in [1.807, 2.05) is 13.8 Å². The van der Waals surface area contributed by atoms with Crippen molar-refractivity contribution in [1.82, 2.24) is 15.3 Å². The van der Waals surface area contributed by atoms with E-state index >= 15 is 0 Å². The molecule has 0 aliphatic heterocycles. The van der Waals surface area contributed by atoms with Crippen molar-refractivity contribution in [1.29, 1.82) is 0 Å². The Hall–Kier alpha value is -2.08. The Morgan fingerprint density at radius 2 is 2.00 bits per heavy atom. The molecule has 112 valence electrons. The van der Waals surface area contributed by atoms with E-state index in [9.17, 15) is 8.78 Å². The molecule has 6 heteroatoms. The smallest absolute Gasteiger partial charge is 0.168 e. The summed E-state index contributed by atoms with van der Waals surface area (Å²) >= 11 is 0. The summed E-state index contributed by atoms with van der Waals surface area (Å²) in [5.41, 5.74) is 0.625. The molecule has 4 nitrogen and oxygen atoms in total. The summed E-state index contributed by atoms with van der Waals surface area (Å²) in [5, 5.41) is 2.98. The van der Waals surface area contributed by atoms with E-state index in [2.05, 4.69) is 15.3 Å². The monoisotopic (exact) mass is 293 g/mol. The molecule has 0 unspecified atom stereocenters. The van der Waals surface area contributed by atoms with Crippen molar-refractivity contribution in [3.63, 3.8) is 0 Å². The zero-order valence-corrected chi connectivity index (χ0v) is 12.2. The third-order valence-corrected chi connectivity index (χ3v) is 2.82. The summed E-state index contributed by atoms with van der Waals surface area (Å²) in [4.78, 5) is 8.61. The van der Waals surface area contributed by atoms with Crippen LogP contribution in [0, 0.1) is 11.6 Å². The average molecular weight is 293 g/mol. The van der Waals surface area contributed by atoms with Crippen LogP contribution in [0.1, 0.15) is 31.3 Å². The lowest BCUT2D eigenvalue weighted by Gasteiger charge is -2.13. The molecular formula is C15H17F2N3O. The maximum atomic E-state index is 13.6. The fourth-order valence-electron chi connectivity index (χ4n) is 1.76. The Morgan fingerprint density at radius 1 is 1.24 bits per heavy atom. The average Bonchev–Trinajstić information content (AvgIpc) is 2.43. The third kappa shape index (κ3) is 3.72. The topological polar surface area (TPSA) is 47.0 Å². The first-order valence-corrected chi connectivity index (χ1v) is 6.64. The Labute approximate surface area is 122 Å². The van der Waals surface area contributed by atoms with E-state index in [0.717, 1.165) is 12.1 Å². The summed E-state index contributed by atoms with van der Waals surface area (Å²) in [6.45, 7) is 4.43. The van der Waals surface area contributed by atoms with Crippen molar-refractivity contribution in [2.45, 2.75) is 26.3 Å². The molecule has 0 amide bonds. The predicted octanol–water partition coefficient (Wildman–Crippen LogP) is 3.39. The molecule has 0 fully saturated rings. The van der Waals surface area contributed by atoms with Crippen molar-refractivity contribution in [3.8, 4) is 11.5 Å². The summed E-state index contributed by atoms with van der Waals surface area (Å²) in [7, 11) is 1.78. The Morgan fingerprint density at radius 3 is 2.62 bits per heavy atom. The maximum absolute atomic E-state index is 13.6. The van der Waals surface area contributed by atoms with Gasteiger partial charge >= 0.3 is 0 Å². The fourth-order valence-corrected chi connectivity index (χ4v) is 1.76. The molecular weight excluding hydrogens is 276 g/mol. The molecule has 0 atom stereocenters. The first-order chi connectivity index (χ1) is 10.0. The summed E-state index contributed by atoms with van der Waals surface area (Å²) in [6, 6.07) is 3.15. The minimum absolute atomic E-state index is 0.0605. The number of nitrogens with zero attached hydrogens (tertiary/aromatic N) is 2. The van der Waals surface area contributed by atoms with Gasteiger partial charge in [0.2, 0.25) is 0 Å². The van der Waals surface area contributed by atoms with E-state index in [1.165, 1.54) is 12.3 Å². The van der Waals surface area contributed by atoms with Gasteiger partial charge in [0.05, 0.1) is 6.20 Å². The summed E-state index contributed by atoms with van der Waals surface area (Å²) < 4.78 is 32.0. The van der Waals surface area contributed by atoms with Crippen LogP contribution < -0.4 is 10.1 Å². The fraction of sp³-hybridized carbons (Fsp3) is 0.333. The number of hydrogen-bond donors (Lipinski definition) is 1. The Balaban J connectivity index is 2.34. The molecule has 0 aliphatic carbocycles. The van der Waals surface area contributed by atoms with Crippen molar-refractivity contribution < 1.29 is 13.5 Å². The quantitative estimate of drug-likeness (QED) is 0.918. The highest BCUT2D eigenvalue weighted by atomic mass is 19.1. The molecule has 0 bridgehead atoms. The van der Waals surface area contributed by atoms with Crippen LogP contribution in [0.15, 0.2) is 24.4 Å². The SMILES string of the molecule is CNCc1nc(C(C)C)ncc1Oc1ccc(F)cc1F. The van der Waals surface area contributed by atoms with Crippen LogP contribution in [0.5, 0.6) is 11.5 Å². The lowest BCUT2D eigenvalue weighted by Crippen LogP contribution is -2.11. The molecule has 0 aliphatic rings. The second kappa shape index (κ2) is 6.58. The van der Waals surface area contributed by atoms with Crippen LogP contribution in [0.4, 0.5) is 8.78 Å². The first-order valence-electron chi connectivity index (χ1n) is 6.64. The van der Waals surface area contributed by atoms with Gasteiger partial charge in [-0.2, -0.15) is 0 Å². The van der Waals surface area contributed by atoms with Crippen molar-refractivity contribution in [3.05, 3.63) is 47.5 Å². The highest BCUT2D eigenvalue weighted by molar-refractivity contribution is 5.34. The molecule has 2 rings (SSSR count). The standard InChI is InChI=1S/C15H17F2N3O/c1-9(2)15-19-8-14(12(20-15)7-18-3)21-13-5-4-10(16)6-11(13)17/h4-6,8-9,18H,7H2,1-3H3.